The molecule has 1 fully saturated rings. The summed E-state index contributed by atoms with van der Waals surface area (Å²) >= 11 is 0. The highest BCUT2D eigenvalue weighted by atomic mass is 16.5. The van der Waals surface area contributed by atoms with Crippen molar-refractivity contribution in [1.29, 1.82) is 0 Å². The summed E-state index contributed by atoms with van der Waals surface area (Å²) in [5, 5.41) is 4.21. The van der Waals surface area contributed by atoms with Gasteiger partial charge in [-0.25, -0.2) is 0 Å². The summed E-state index contributed by atoms with van der Waals surface area (Å²) in [7, 11) is 1.87. The molecule has 2 heterocycles. The molecule has 2 rings (SSSR count). The van der Waals surface area contributed by atoms with Gasteiger partial charge in [0.2, 0.25) is 0 Å². The van der Waals surface area contributed by atoms with Crippen molar-refractivity contribution in [3.05, 3.63) is 17.5 Å². The Kier molecular flexibility index (Phi) is 1.83. The Labute approximate surface area is 76.5 Å². The van der Waals surface area contributed by atoms with Gasteiger partial charge in [-0.3, -0.25) is 9.48 Å². The van der Waals surface area contributed by atoms with Gasteiger partial charge in [0, 0.05) is 25.2 Å². The Morgan fingerprint density at radius 2 is 2.46 bits per heavy atom. The Bertz CT molecular complexity index is 343. The van der Waals surface area contributed by atoms with Crippen molar-refractivity contribution < 1.29 is 9.53 Å². The third-order valence-corrected chi connectivity index (χ3v) is 2.28. The predicted molar refractivity (Wildman–Crippen MR) is 46.0 cm³/mol. The molecule has 0 amide bonds. The summed E-state index contributed by atoms with van der Waals surface area (Å²) in [6.07, 6.45) is 3.16. The molecule has 0 bridgehead atoms. The molecule has 4 heteroatoms. The van der Waals surface area contributed by atoms with E-state index in [9.17, 15) is 4.79 Å². The molecular formula is C9H12N2O2. The molecule has 1 unspecified atom stereocenters. The highest BCUT2D eigenvalue weighted by Gasteiger charge is 2.27. The monoisotopic (exact) mass is 180 g/mol. The van der Waals surface area contributed by atoms with E-state index in [1.54, 1.807) is 4.68 Å². The molecule has 1 atom stereocenters. The quantitative estimate of drug-likeness (QED) is 0.608. The van der Waals surface area contributed by atoms with Gasteiger partial charge in [-0.2, -0.15) is 5.10 Å². The lowest BCUT2D eigenvalue weighted by atomic mass is 10.1. The minimum absolute atomic E-state index is 0.0683. The SMILES string of the molecule is Cc1nn(C)cc1C1CCC(=O)O1. The number of cyclic esters (lactones) is 1. The molecule has 0 spiro atoms. The molecule has 0 N–H and O–H groups in total. The summed E-state index contributed by atoms with van der Waals surface area (Å²) < 4.78 is 6.90. The van der Waals surface area contributed by atoms with Crippen molar-refractivity contribution in [2.24, 2.45) is 7.05 Å². The van der Waals surface area contributed by atoms with Crippen LogP contribution >= 0.6 is 0 Å². The summed E-state index contributed by atoms with van der Waals surface area (Å²) in [6, 6.07) is 0. The van der Waals surface area contributed by atoms with Crippen LogP contribution < -0.4 is 0 Å². The summed E-state index contributed by atoms with van der Waals surface area (Å²) in [4.78, 5) is 10.9. The highest BCUT2D eigenvalue weighted by Crippen LogP contribution is 2.30. The number of ether oxygens (including phenoxy) is 1. The molecule has 0 radical (unpaired) electrons. The molecule has 0 aromatic carbocycles. The largest absolute Gasteiger partial charge is 0.457 e. The van der Waals surface area contributed by atoms with Crippen LogP contribution in [0.1, 0.15) is 30.2 Å². The number of carbonyl (C=O) groups is 1. The molecule has 1 aliphatic rings. The Balaban J connectivity index is 2.25. The van der Waals surface area contributed by atoms with Crippen LogP contribution in [0.15, 0.2) is 6.20 Å². The van der Waals surface area contributed by atoms with E-state index >= 15 is 0 Å². The second-order valence-electron chi connectivity index (χ2n) is 3.36. The average molecular weight is 180 g/mol. The minimum atomic E-state index is -0.103. The van der Waals surface area contributed by atoms with Crippen LogP contribution in [0.25, 0.3) is 0 Å². The van der Waals surface area contributed by atoms with Crippen LogP contribution in [0, 0.1) is 6.92 Å². The van der Waals surface area contributed by atoms with E-state index in [0.29, 0.717) is 6.42 Å². The fraction of sp³-hybridized carbons (Fsp3) is 0.556. The zero-order valence-electron chi connectivity index (χ0n) is 7.78. The number of nitrogens with zero attached hydrogens (tertiary/aromatic N) is 2. The highest BCUT2D eigenvalue weighted by molar-refractivity contribution is 5.71. The lowest BCUT2D eigenvalue weighted by molar-refractivity contribution is -0.141. The van der Waals surface area contributed by atoms with Crippen LogP contribution in [0.5, 0.6) is 0 Å². The van der Waals surface area contributed by atoms with E-state index in [1.807, 2.05) is 20.2 Å². The van der Waals surface area contributed by atoms with Gasteiger partial charge in [0.15, 0.2) is 0 Å². The zero-order chi connectivity index (χ0) is 9.42. The van der Waals surface area contributed by atoms with Crippen molar-refractivity contribution in [2.75, 3.05) is 0 Å². The van der Waals surface area contributed by atoms with Gasteiger partial charge in [0.05, 0.1) is 5.69 Å². The molecule has 1 saturated heterocycles. The number of hydrogen-bond donors (Lipinski definition) is 0. The van der Waals surface area contributed by atoms with E-state index < -0.39 is 0 Å². The second-order valence-corrected chi connectivity index (χ2v) is 3.36. The predicted octanol–water partition coefficient (Wildman–Crippen LogP) is 1.11. The number of aromatic nitrogens is 2. The Morgan fingerprint density at radius 3 is 2.92 bits per heavy atom. The second kappa shape index (κ2) is 2.87. The first-order valence-corrected chi connectivity index (χ1v) is 4.36. The van der Waals surface area contributed by atoms with E-state index in [2.05, 4.69) is 5.10 Å². The Hall–Kier alpha value is -1.32. The Morgan fingerprint density at radius 1 is 1.69 bits per heavy atom. The van der Waals surface area contributed by atoms with Gasteiger partial charge in [-0.1, -0.05) is 0 Å². The molecule has 1 aliphatic heterocycles. The number of esters is 1. The maximum absolute atomic E-state index is 10.9. The van der Waals surface area contributed by atoms with Crippen LogP contribution in [-0.2, 0) is 16.6 Å². The molecule has 4 nitrogen and oxygen atoms in total. The first-order valence-electron chi connectivity index (χ1n) is 4.36. The van der Waals surface area contributed by atoms with Gasteiger partial charge in [-0.05, 0) is 13.3 Å². The van der Waals surface area contributed by atoms with Crippen molar-refractivity contribution >= 4 is 5.97 Å². The molecule has 13 heavy (non-hydrogen) atoms. The minimum Gasteiger partial charge on any atom is -0.457 e. The first-order chi connectivity index (χ1) is 6.16. The van der Waals surface area contributed by atoms with Gasteiger partial charge in [0.1, 0.15) is 6.10 Å². The van der Waals surface area contributed by atoms with Gasteiger partial charge >= 0.3 is 5.97 Å². The summed E-state index contributed by atoms with van der Waals surface area (Å²) in [5.74, 6) is -0.103. The van der Waals surface area contributed by atoms with E-state index in [-0.39, 0.29) is 12.1 Å². The first kappa shape index (κ1) is 8.29. The molecule has 70 valence electrons. The lowest BCUT2D eigenvalue weighted by Crippen LogP contribution is -1.98. The van der Waals surface area contributed by atoms with E-state index in [1.165, 1.54) is 0 Å². The average Bonchev–Trinajstić information content (AvgIpc) is 2.58. The fourth-order valence-corrected chi connectivity index (χ4v) is 1.68. The lowest BCUT2D eigenvalue weighted by Gasteiger charge is -2.06. The van der Waals surface area contributed by atoms with E-state index in [4.69, 9.17) is 4.74 Å². The van der Waals surface area contributed by atoms with Crippen molar-refractivity contribution in [2.45, 2.75) is 25.9 Å². The maximum Gasteiger partial charge on any atom is 0.306 e. The van der Waals surface area contributed by atoms with Crippen molar-refractivity contribution in [3.63, 3.8) is 0 Å². The van der Waals surface area contributed by atoms with E-state index in [0.717, 1.165) is 17.7 Å². The summed E-state index contributed by atoms with van der Waals surface area (Å²) in [5.41, 5.74) is 1.98. The van der Waals surface area contributed by atoms with Crippen molar-refractivity contribution in [3.8, 4) is 0 Å². The van der Waals surface area contributed by atoms with Crippen LogP contribution in [0.4, 0.5) is 0 Å². The molecule has 0 saturated carbocycles. The zero-order valence-corrected chi connectivity index (χ0v) is 7.78. The smallest absolute Gasteiger partial charge is 0.306 e. The van der Waals surface area contributed by atoms with Gasteiger partial charge in [-0.15, -0.1) is 0 Å². The number of rotatable bonds is 1. The van der Waals surface area contributed by atoms with Crippen LogP contribution in [0.3, 0.4) is 0 Å². The number of carbonyl (C=O) groups excluding carboxylic acids is 1. The normalized spacial score (nSPS) is 22.0. The number of aryl methyl sites for hydroxylation is 2. The topological polar surface area (TPSA) is 44.1 Å². The molecule has 1 aromatic rings. The third kappa shape index (κ3) is 1.43. The fourth-order valence-electron chi connectivity index (χ4n) is 1.68. The molecule has 1 aromatic heterocycles. The number of hydrogen-bond acceptors (Lipinski definition) is 3. The van der Waals surface area contributed by atoms with Gasteiger partial charge < -0.3 is 4.74 Å². The maximum atomic E-state index is 10.9. The van der Waals surface area contributed by atoms with Crippen LogP contribution in [0.2, 0.25) is 0 Å². The molecule has 0 aliphatic carbocycles. The summed E-state index contributed by atoms with van der Waals surface area (Å²) in [6.45, 7) is 1.93. The van der Waals surface area contributed by atoms with Crippen molar-refractivity contribution in [1.82, 2.24) is 9.78 Å². The van der Waals surface area contributed by atoms with Gasteiger partial charge in [0.25, 0.3) is 0 Å². The van der Waals surface area contributed by atoms with Crippen LogP contribution in [-0.4, -0.2) is 15.7 Å². The standard InChI is InChI=1S/C9H12N2O2/c1-6-7(5-11(2)10-6)8-3-4-9(12)13-8/h5,8H,3-4H2,1-2H3. The third-order valence-electron chi connectivity index (χ3n) is 2.28. The molecular weight excluding hydrogens is 168 g/mol.